The number of hydrogen-bond donors (Lipinski definition) is 5. The van der Waals surface area contributed by atoms with Crippen LogP contribution < -0.4 is 16.6 Å². The first kappa shape index (κ1) is 17.8. The van der Waals surface area contributed by atoms with Crippen molar-refractivity contribution in [3.8, 4) is 0 Å². The van der Waals surface area contributed by atoms with Gasteiger partial charge in [-0.15, -0.1) is 0 Å². The van der Waals surface area contributed by atoms with E-state index in [0.29, 0.717) is 25.8 Å². The van der Waals surface area contributed by atoms with Crippen molar-refractivity contribution in [1.29, 1.82) is 0 Å². The molecule has 0 aliphatic carbocycles. The second-order valence-electron chi connectivity index (χ2n) is 4.98. The summed E-state index contributed by atoms with van der Waals surface area (Å²) in [5.41, 5.74) is 10.5. The fourth-order valence-electron chi connectivity index (χ4n) is 1.64. The Morgan fingerprint density at radius 3 is 2.00 bits per heavy atom. The molecule has 0 radical (unpaired) electrons. The zero-order chi connectivity index (χ0) is 14.8. The number of hydrazine groups is 1. The van der Waals surface area contributed by atoms with Gasteiger partial charge in [-0.05, 0) is 38.1 Å². The molecule has 0 aromatic carbocycles. The zero-order valence-electron chi connectivity index (χ0n) is 11.6. The Morgan fingerprint density at radius 1 is 1.05 bits per heavy atom. The van der Waals surface area contributed by atoms with Gasteiger partial charge in [0.2, 0.25) is 0 Å². The van der Waals surface area contributed by atoms with E-state index in [9.17, 15) is 9.59 Å². The molecule has 6 N–H and O–H groups in total. The number of nitrogens with one attached hydrogen (secondary N) is 2. The van der Waals surface area contributed by atoms with Crippen LogP contribution in [0.15, 0.2) is 0 Å². The number of rotatable bonds is 11. The summed E-state index contributed by atoms with van der Waals surface area (Å²) in [4.78, 5) is 22.0. The highest BCUT2D eigenvalue weighted by atomic mass is 16.4. The summed E-state index contributed by atoms with van der Waals surface area (Å²) >= 11 is 0. The number of nitrogens with two attached hydrogens (primary N) is 1. The maximum Gasteiger partial charge on any atom is 0.322 e. The Balaban J connectivity index is 4.26. The smallest absolute Gasteiger partial charge is 0.322 e. The molecular weight excluding hydrogens is 250 g/mol. The van der Waals surface area contributed by atoms with E-state index < -0.39 is 24.0 Å². The largest absolute Gasteiger partial charge is 0.480 e. The summed E-state index contributed by atoms with van der Waals surface area (Å²) in [6.45, 7) is 4.34. The number of carbonyl (C=O) groups is 2. The summed E-state index contributed by atoms with van der Waals surface area (Å²) in [6, 6.07) is -1.60. The summed E-state index contributed by atoms with van der Waals surface area (Å²) < 4.78 is 0. The number of aliphatic carboxylic acids is 2. The summed E-state index contributed by atoms with van der Waals surface area (Å²) in [5, 5.41) is 18.0. The van der Waals surface area contributed by atoms with Crippen LogP contribution >= 0.6 is 0 Å². The molecule has 0 aromatic rings. The molecule has 0 rings (SSSR count). The minimum absolute atomic E-state index is 0.205. The summed E-state index contributed by atoms with van der Waals surface area (Å²) in [5.74, 6) is -1.79. The summed E-state index contributed by atoms with van der Waals surface area (Å²) in [6.07, 6.45) is 2.27. The van der Waals surface area contributed by atoms with Crippen molar-refractivity contribution in [3.63, 3.8) is 0 Å². The Morgan fingerprint density at radius 2 is 1.58 bits per heavy atom. The normalized spacial score (nSPS) is 14.3. The SMILES string of the molecule is CC(C)CC(NNC(CCCCN)C(=O)O)C(=O)O. The molecule has 0 heterocycles. The lowest BCUT2D eigenvalue weighted by molar-refractivity contribution is -0.143. The average molecular weight is 275 g/mol. The van der Waals surface area contributed by atoms with E-state index in [2.05, 4.69) is 10.9 Å². The van der Waals surface area contributed by atoms with Gasteiger partial charge in [-0.1, -0.05) is 13.8 Å². The van der Waals surface area contributed by atoms with Crippen LogP contribution in [0.3, 0.4) is 0 Å². The van der Waals surface area contributed by atoms with Crippen molar-refractivity contribution < 1.29 is 19.8 Å². The molecule has 19 heavy (non-hydrogen) atoms. The van der Waals surface area contributed by atoms with Crippen molar-refractivity contribution in [2.75, 3.05) is 6.54 Å². The lowest BCUT2D eigenvalue weighted by Crippen LogP contribution is -2.52. The molecule has 0 aliphatic rings. The van der Waals surface area contributed by atoms with Gasteiger partial charge in [0, 0.05) is 0 Å². The van der Waals surface area contributed by atoms with Gasteiger partial charge in [-0.3, -0.25) is 9.59 Å². The summed E-state index contributed by atoms with van der Waals surface area (Å²) in [7, 11) is 0. The maximum absolute atomic E-state index is 11.0. The first-order valence-electron chi connectivity index (χ1n) is 6.55. The Hall–Kier alpha value is -1.18. The molecule has 2 unspecified atom stereocenters. The Bertz CT molecular complexity index is 284. The molecule has 0 aliphatic heterocycles. The van der Waals surface area contributed by atoms with E-state index in [0.717, 1.165) is 6.42 Å². The number of carboxylic acids is 2. The molecule has 7 nitrogen and oxygen atoms in total. The van der Waals surface area contributed by atoms with Gasteiger partial charge in [0.25, 0.3) is 0 Å². The van der Waals surface area contributed by atoms with Crippen LogP contribution in [-0.4, -0.2) is 40.8 Å². The zero-order valence-corrected chi connectivity index (χ0v) is 11.6. The minimum atomic E-state index is -1.00. The van der Waals surface area contributed by atoms with Crippen LogP contribution in [0.5, 0.6) is 0 Å². The lowest BCUT2D eigenvalue weighted by atomic mass is 10.0. The van der Waals surface area contributed by atoms with Gasteiger partial charge in [0.15, 0.2) is 0 Å². The van der Waals surface area contributed by atoms with Gasteiger partial charge < -0.3 is 15.9 Å². The third-order valence-corrected chi connectivity index (χ3v) is 2.68. The number of unbranched alkanes of at least 4 members (excludes halogenated alkanes) is 1. The maximum atomic E-state index is 11.0. The number of carboxylic acid groups (broad SMARTS) is 2. The van der Waals surface area contributed by atoms with E-state index in [1.54, 1.807) is 0 Å². The standard InChI is InChI=1S/C12H25N3O4/c1-8(2)7-10(12(18)19)15-14-9(11(16)17)5-3-4-6-13/h8-10,14-15H,3-7,13H2,1-2H3,(H,16,17)(H,18,19). The molecular formula is C12H25N3O4. The van der Waals surface area contributed by atoms with E-state index >= 15 is 0 Å². The van der Waals surface area contributed by atoms with Gasteiger partial charge >= 0.3 is 11.9 Å². The van der Waals surface area contributed by atoms with Crippen LogP contribution in [0.1, 0.15) is 39.5 Å². The van der Waals surface area contributed by atoms with E-state index in [1.165, 1.54) is 0 Å². The first-order valence-corrected chi connectivity index (χ1v) is 6.55. The highest BCUT2D eigenvalue weighted by molar-refractivity contribution is 5.74. The molecule has 0 saturated carbocycles. The number of hydrogen-bond acceptors (Lipinski definition) is 5. The highest BCUT2D eigenvalue weighted by Crippen LogP contribution is 2.05. The molecule has 7 heteroatoms. The van der Waals surface area contributed by atoms with Crippen LogP contribution in [0.2, 0.25) is 0 Å². The second kappa shape index (κ2) is 9.71. The molecule has 2 atom stereocenters. The lowest BCUT2D eigenvalue weighted by Gasteiger charge is -2.20. The van der Waals surface area contributed by atoms with Gasteiger partial charge in [0.05, 0.1) is 0 Å². The van der Waals surface area contributed by atoms with Gasteiger partial charge in [-0.2, -0.15) is 0 Å². The Labute approximate surface area is 113 Å². The monoisotopic (exact) mass is 275 g/mol. The second-order valence-corrected chi connectivity index (χ2v) is 4.98. The van der Waals surface area contributed by atoms with Gasteiger partial charge in [-0.25, -0.2) is 10.9 Å². The topological polar surface area (TPSA) is 125 Å². The molecule has 0 saturated heterocycles. The van der Waals surface area contributed by atoms with Crippen LogP contribution in [-0.2, 0) is 9.59 Å². The fraction of sp³-hybridized carbons (Fsp3) is 0.833. The highest BCUT2D eigenvalue weighted by Gasteiger charge is 2.22. The van der Waals surface area contributed by atoms with Crippen LogP contribution in [0.4, 0.5) is 0 Å². The fourth-order valence-corrected chi connectivity index (χ4v) is 1.64. The molecule has 0 aromatic heterocycles. The van der Waals surface area contributed by atoms with Crippen molar-refractivity contribution in [3.05, 3.63) is 0 Å². The molecule has 112 valence electrons. The van der Waals surface area contributed by atoms with Crippen LogP contribution in [0.25, 0.3) is 0 Å². The minimum Gasteiger partial charge on any atom is -0.480 e. The van der Waals surface area contributed by atoms with Gasteiger partial charge in [0.1, 0.15) is 12.1 Å². The van der Waals surface area contributed by atoms with E-state index in [-0.39, 0.29) is 5.92 Å². The van der Waals surface area contributed by atoms with E-state index in [4.69, 9.17) is 15.9 Å². The quantitative estimate of drug-likeness (QED) is 0.269. The van der Waals surface area contributed by atoms with Crippen molar-refractivity contribution >= 4 is 11.9 Å². The van der Waals surface area contributed by atoms with E-state index in [1.807, 2.05) is 13.8 Å². The average Bonchev–Trinajstić information content (AvgIpc) is 2.30. The first-order chi connectivity index (χ1) is 8.88. The predicted molar refractivity (Wildman–Crippen MR) is 71.5 cm³/mol. The third-order valence-electron chi connectivity index (χ3n) is 2.68. The van der Waals surface area contributed by atoms with Crippen LogP contribution in [0, 0.1) is 5.92 Å². The molecule has 0 spiro atoms. The third kappa shape index (κ3) is 8.52. The predicted octanol–water partition coefficient (Wildman–Crippen LogP) is 0.162. The molecule has 0 amide bonds. The molecule has 0 bridgehead atoms. The Kier molecular flexibility index (Phi) is 9.11. The molecule has 0 fully saturated rings. The van der Waals surface area contributed by atoms with Crippen molar-refractivity contribution in [2.45, 2.75) is 51.6 Å². The van der Waals surface area contributed by atoms with Crippen molar-refractivity contribution in [2.24, 2.45) is 11.7 Å². The van der Waals surface area contributed by atoms with Crippen molar-refractivity contribution in [1.82, 2.24) is 10.9 Å².